The van der Waals surface area contributed by atoms with Crippen molar-refractivity contribution in [2.75, 3.05) is 38.5 Å². The van der Waals surface area contributed by atoms with E-state index < -0.39 is 23.6 Å². The van der Waals surface area contributed by atoms with Crippen molar-refractivity contribution in [1.82, 2.24) is 15.3 Å². The predicted molar refractivity (Wildman–Crippen MR) is 77.3 cm³/mol. The molecular formula is C14H17F3N4O2. The van der Waals surface area contributed by atoms with Crippen molar-refractivity contribution in [2.24, 2.45) is 0 Å². The number of benzene rings is 1. The topological polar surface area (TPSA) is 64.7 Å². The van der Waals surface area contributed by atoms with Crippen LogP contribution in [0.25, 0.3) is 0 Å². The van der Waals surface area contributed by atoms with Crippen LogP contribution in [0.3, 0.4) is 0 Å². The lowest BCUT2D eigenvalue weighted by atomic mass is 10.2. The number of carbonyl (C=O) groups is 2. The Morgan fingerprint density at radius 1 is 1.00 bits per heavy atom. The normalized spacial score (nSPS) is 16.9. The zero-order valence-corrected chi connectivity index (χ0v) is 12.5. The molecule has 23 heavy (non-hydrogen) atoms. The standard InChI is InChI=1S/C14H17F3N4O2/c1-20-6-8-21(9-7-20)19-13(23)12(22)18-11-4-2-10(3-5-11)14(15,16)17/h2-5H,6-9H2,1H3,(H,18,22)(H,19,23). The smallest absolute Gasteiger partial charge is 0.318 e. The first kappa shape index (κ1) is 17.2. The van der Waals surface area contributed by atoms with Gasteiger partial charge in [-0.05, 0) is 31.3 Å². The molecule has 1 saturated heterocycles. The molecule has 0 atom stereocenters. The maximum atomic E-state index is 12.4. The van der Waals surface area contributed by atoms with Crippen LogP contribution in [0, 0.1) is 0 Å². The lowest BCUT2D eigenvalue weighted by molar-refractivity contribution is -0.139. The van der Waals surface area contributed by atoms with Crippen LogP contribution in [-0.4, -0.2) is 54.9 Å². The quantitative estimate of drug-likeness (QED) is 0.792. The third kappa shape index (κ3) is 4.93. The van der Waals surface area contributed by atoms with Gasteiger partial charge in [-0.15, -0.1) is 0 Å². The van der Waals surface area contributed by atoms with Gasteiger partial charge in [-0.25, -0.2) is 5.01 Å². The zero-order valence-electron chi connectivity index (χ0n) is 12.5. The second-order valence-electron chi connectivity index (χ2n) is 5.26. The Kier molecular flexibility index (Phi) is 5.22. The number of nitrogens with one attached hydrogen (secondary N) is 2. The van der Waals surface area contributed by atoms with Crippen LogP contribution in [0.15, 0.2) is 24.3 Å². The van der Waals surface area contributed by atoms with Crippen LogP contribution < -0.4 is 10.7 Å². The first-order valence-corrected chi connectivity index (χ1v) is 6.98. The molecule has 2 N–H and O–H groups in total. The molecule has 2 amide bonds. The maximum Gasteiger partial charge on any atom is 0.416 e. The summed E-state index contributed by atoms with van der Waals surface area (Å²) in [6, 6.07) is 3.88. The van der Waals surface area contributed by atoms with Gasteiger partial charge in [-0.1, -0.05) is 0 Å². The fourth-order valence-electron chi connectivity index (χ4n) is 2.04. The number of nitrogens with zero attached hydrogens (tertiary/aromatic N) is 2. The molecule has 6 nitrogen and oxygen atoms in total. The third-order valence-corrected chi connectivity index (χ3v) is 3.44. The molecule has 1 fully saturated rings. The minimum Gasteiger partial charge on any atom is -0.318 e. The highest BCUT2D eigenvalue weighted by Crippen LogP contribution is 2.29. The Balaban J connectivity index is 1.87. The van der Waals surface area contributed by atoms with Crippen LogP contribution >= 0.6 is 0 Å². The Morgan fingerprint density at radius 3 is 2.09 bits per heavy atom. The van der Waals surface area contributed by atoms with E-state index in [-0.39, 0.29) is 5.69 Å². The van der Waals surface area contributed by atoms with Crippen molar-refractivity contribution >= 4 is 17.5 Å². The third-order valence-electron chi connectivity index (χ3n) is 3.44. The highest BCUT2D eigenvalue weighted by atomic mass is 19.4. The average molecular weight is 330 g/mol. The van der Waals surface area contributed by atoms with Crippen molar-refractivity contribution in [3.63, 3.8) is 0 Å². The fourth-order valence-corrected chi connectivity index (χ4v) is 2.04. The first-order chi connectivity index (χ1) is 10.8. The Hall–Kier alpha value is -2.13. The number of alkyl halides is 3. The largest absolute Gasteiger partial charge is 0.416 e. The van der Waals surface area contributed by atoms with Gasteiger partial charge in [0.25, 0.3) is 0 Å². The van der Waals surface area contributed by atoms with Gasteiger partial charge < -0.3 is 10.2 Å². The fraction of sp³-hybridized carbons (Fsp3) is 0.429. The lowest BCUT2D eigenvalue weighted by Crippen LogP contribution is -2.54. The molecule has 0 radical (unpaired) electrons. The van der Waals surface area contributed by atoms with E-state index in [9.17, 15) is 22.8 Å². The van der Waals surface area contributed by atoms with Gasteiger partial charge in [0.15, 0.2) is 0 Å². The highest BCUT2D eigenvalue weighted by molar-refractivity contribution is 6.39. The summed E-state index contributed by atoms with van der Waals surface area (Å²) in [7, 11) is 1.95. The van der Waals surface area contributed by atoms with Gasteiger partial charge in [0.1, 0.15) is 0 Å². The van der Waals surface area contributed by atoms with E-state index in [1.807, 2.05) is 7.05 Å². The van der Waals surface area contributed by atoms with Crippen molar-refractivity contribution in [1.29, 1.82) is 0 Å². The number of piperazine rings is 1. The highest BCUT2D eigenvalue weighted by Gasteiger charge is 2.30. The first-order valence-electron chi connectivity index (χ1n) is 6.98. The number of likely N-dealkylation sites (N-methyl/N-ethyl adjacent to an activating group) is 1. The predicted octanol–water partition coefficient (Wildman–Crippen LogP) is 0.922. The summed E-state index contributed by atoms with van der Waals surface area (Å²) in [6.45, 7) is 2.72. The minimum atomic E-state index is -4.44. The van der Waals surface area contributed by atoms with Gasteiger partial charge in [0.05, 0.1) is 5.56 Å². The monoisotopic (exact) mass is 330 g/mol. The molecule has 2 rings (SSSR count). The maximum absolute atomic E-state index is 12.4. The second-order valence-corrected chi connectivity index (χ2v) is 5.26. The summed E-state index contributed by atoms with van der Waals surface area (Å²) < 4.78 is 37.3. The van der Waals surface area contributed by atoms with Gasteiger partial charge in [-0.3, -0.25) is 15.0 Å². The molecule has 0 spiro atoms. The van der Waals surface area contributed by atoms with Crippen LogP contribution in [0.2, 0.25) is 0 Å². The van der Waals surface area contributed by atoms with Gasteiger partial charge >= 0.3 is 18.0 Å². The molecule has 1 heterocycles. The average Bonchev–Trinajstić information content (AvgIpc) is 2.49. The summed E-state index contributed by atoms with van der Waals surface area (Å²) >= 11 is 0. The van der Waals surface area contributed by atoms with Crippen LogP contribution in [-0.2, 0) is 15.8 Å². The van der Waals surface area contributed by atoms with Crippen molar-refractivity contribution in [3.05, 3.63) is 29.8 Å². The van der Waals surface area contributed by atoms with Gasteiger partial charge in [-0.2, -0.15) is 13.2 Å². The number of halogens is 3. The number of hydrogen-bond acceptors (Lipinski definition) is 4. The number of anilines is 1. The second kappa shape index (κ2) is 6.97. The van der Waals surface area contributed by atoms with E-state index in [2.05, 4.69) is 15.6 Å². The summed E-state index contributed by atoms with van der Waals surface area (Å²) in [5, 5.41) is 3.90. The Morgan fingerprint density at radius 2 is 1.57 bits per heavy atom. The minimum absolute atomic E-state index is 0.122. The number of carbonyl (C=O) groups excluding carboxylic acids is 2. The summed E-state index contributed by atoms with van der Waals surface area (Å²) in [5.74, 6) is -1.78. The lowest BCUT2D eigenvalue weighted by Gasteiger charge is -2.32. The number of hydrogen-bond donors (Lipinski definition) is 2. The van der Waals surface area contributed by atoms with E-state index in [4.69, 9.17) is 0 Å². The number of rotatable bonds is 2. The van der Waals surface area contributed by atoms with Crippen LogP contribution in [0.4, 0.5) is 18.9 Å². The molecule has 1 aliphatic heterocycles. The zero-order chi connectivity index (χ0) is 17.0. The SMILES string of the molecule is CN1CCN(NC(=O)C(=O)Nc2ccc(C(F)(F)F)cc2)CC1. The van der Waals surface area contributed by atoms with Crippen molar-refractivity contribution in [3.8, 4) is 0 Å². The molecule has 9 heteroatoms. The Labute approximate surface area is 131 Å². The van der Waals surface area contributed by atoms with Crippen molar-refractivity contribution in [2.45, 2.75) is 6.18 Å². The van der Waals surface area contributed by atoms with E-state index in [0.29, 0.717) is 13.1 Å². The van der Waals surface area contributed by atoms with Gasteiger partial charge in [0, 0.05) is 31.9 Å². The van der Waals surface area contributed by atoms with Crippen LogP contribution in [0.5, 0.6) is 0 Å². The number of hydrazine groups is 1. The molecule has 0 aliphatic carbocycles. The molecule has 0 bridgehead atoms. The van der Waals surface area contributed by atoms with Gasteiger partial charge in [0.2, 0.25) is 0 Å². The summed E-state index contributed by atoms with van der Waals surface area (Å²) in [4.78, 5) is 25.6. The molecule has 0 aromatic heterocycles. The van der Waals surface area contributed by atoms with Crippen molar-refractivity contribution < 1.29 is 22.8 Å². The molecule has 0 unspecified atom stereocenters. The van der Waals surface area contributed by atoms with E-state index in [1.54, 1.807) is 5.01 Å². The molecule has 1 aromatic rings. The summed E-state index contributed by atoms with van der Waals surface area (Å²) in [5.41, 5.74) is 1.77. The van der Waals surface area contributed by atoms with E-state index in [1.165, 1.54) is 0 Å². The number of amides is 2. The molecule has 0 saturated carbocycles. The van der Waals surface area contributed by atoms with E-state index >= 15 is 0 Å². The summed E-state index contributed by atoms with van der Waals surface area (Å²) in [6.07, 6.45) is -4.44. The Bertz CT molecular complexity index is 566. The molecule has 1 aliphatic rings. The molecule has 126 valence electrons. The molecular weight excluding hydrogens is 313 g/mol. The molecule has 1 aromatic carbocycles. The van der Waals surface area contributed by atoms with E-state index in [0.717, 1.165) is 37.4 Å². The van der Waals surface area contributed by atoms with Crippen LogP contribution in [0.1, 0.15) is 5.56 Å².